The van der Waals surface area contributed by atoms with Crippen molar-refractivity contribution in [3.05, 3.63) is 40.6 Å². The van der Waals surface area contributed by atoms with Crippen LogP contribution in [0.3, 0.4) is 0 Å². The van der Waals surface area contributed by atoms with E-state index in [-0.39, 0.29) is 5.82 Å². The van der Waals surface area contributed by atoms with Crippen molar-refractivity contribution in [2.24, 2.45) is 10.9 Å². The smallest absolute Gasteiger partial charge is 0.165 e. The molecule has 0 heterocycles. The first-order valence-corrected chi connectivity index (χ1v) is 3.07. The Morgan fingerprint density at radius 2 is 1.91 bits per heavy atom. The van der Waals surface area contributed by atoms with E-state index in [0.717, 1.165) is 0 Å². The molecule has 0 aliphatic rings. The third-order valence-corrected chi connectivity index (χ3v) is 1.33. The normalized spacial score (nSPS) is 12.5. The summed E-state index contributed by atoms with van der Waals surface area (Å²) in [5.41, 5.74) is 5.76. The number of nitroso groups, excluding NO2 is 1. The molecule has 11 heavy (non-hydrogen) atoms. The fourth-order valence-corrected chi connectivity index (χ4v) is 0.721. The Kier molecular flexibility index (Phi) is 2.28. The maximum atomic E-state index is 12.3. The molecule has 3 nitrogen and oxygen atoms in total. The highest BCUT2D eigenvalue weighted by molar-refractivity contribution is 5.18. The molecule has 58 valence electrons. The highest BCUT2D eigenvalue weighted by Gasteiger charge is 2.03. The number of rotatable bonds is 2. The average molecular weight is 154 g/mol. The van der Waals surface area contributed by atoms with Crippen molar-refractivity contribution in [1.29, 1.82) is 0 Å². The van der Waals surface area contributed by atoms with Crippen LogP contribution in [0.4, 0.5) is 4.39 Å². The Balaban J connectivity index is 2.89. The van der Waals surface area contributed by atoms with Gasteiger partial charge in [0.1, 0.15) is 5.82 Å². The summed E-state index contributed by atoms with van der Waals surface area (Å²) in [5, 5.41) is 2.59. The van der Waals surface area contributed by atoms with E-state index in [1.165, 1.54) is 24.3 Å². The van der Waals surface area contributed by atoms with E-state index < -0.39 is 6.17 Å². The number of nitrogens with zero attached hydrogens (tertiary/aromatic N) is 1. The van der Waals surface area contributed by atoms with Gasteiger partial charge < -0.3 is 5.73 Å². The lowest BCUT2D eigenvalue weighted by Gasteiger charge is -2.00. The van der Waals surface area contributed by atoms with Crippen LogP contribution in [0.15, 0.2) is 29.4 Å². The summed E-state index contributed by atoms with van der Waals surface area (Å²) < 4.78 is 12.3. The van der Waals surface area contributed by atoms with Crippen LogP contribution in [-0.4, -0.2) is 0 Å². The summed E-state index contributed by atoms with van der Waals surface area (Å²) in [6, 6.07) is 5.34. The first kappa shape index (κ1) is 7.81. The Bertz CT molecular complexity index is 247. The molecule has 0 saturated carbocycles. The SMILES string of the molecule is N[C@H](N=O)c1ccc(F)cc1. The predicted molar refractivity (Wildman–Crippen MR) is 39.1 cm³/mol. The van der Waals surface area contributed by atoms with Gasteiger partial charge in [0.25, 0.3) is 0 Å². The first-order chi connectivity index (χ1) is 5.24. The van der Waals surface area contributed by atoms with Gasteiger partial charge in [-0.25, -0.2) is 4.39 Å². The van der Waals surface area contributed by atoms with Crippen molar-refractivity contribution in [3.8, 4) is 0 Å². The van der Waals surface area contributed by atoms with Crippen LogP contribution in [0.2, 0.25) is 0 Å². The molecule has 0 unspecified atom stereocenters. The van der Waals surface area contributed by atoms with Gasteiger partial charge in [0.15, 0.2) is 6.17 Å². The molecule has 0 aliphatic heterocycles. The molecule has 0 bridgehead atoms. The predicted octanol–water partition coefficient (Wildman–Crippen LogP) is 1.55. The van der Waals surface area contributed by atoms with Crippen LogP contribution in [0, 0.1) is 10.7 Å². The monoisotopic (exact) mass is 154 g/mol. The topological polar surface area (TPSA) is 55.4 Å². The maximum absolute atomic E-state index is 12.3. The van der Waals surface area contributed by atoms with Crippen LogP contribution in [0.1, 0.15) is 11.7 Å². The molecule has 0 spiro atoms. The van der Waals surface area contributed by atoms with E-state index in [1.807, 2.05) is 0 Å². The minimum atomic E-state index is -0.893. The van der Waals surface area contributed by atoms with Gasteiger partial charge in [-0.2, -0.15) is 0 Å². The van der Waals surface area contributed by atoms with Crippen LogP contribution >= 0.6 is 0 Å². The lowest BCUT2D eigenvalue weighted by molar-refractivity contribution is 0.625. The van der Waals surface area contributed by atoms with E-state index in [9.17, 15) is 9.30 Å². The molecule has 1 rings (SSSR count). The summed E-state index contributed by atoms with van der Waals surface area (Å²) >= 11 is 0. The molecule has 0 amide bonds. The van der Waals surface area contributed by atoms with Crippen molar-refractivity contribution < 1.29 is 4.39 Å². The molecule has 2 N–H and O–H groups in total. The zero-order valence-electron chi connectivity index (χ0n) is 5.70. The number of benzene rings is 1. The highest BCUT2D eigenvalue weighted by Crippen LogP contribution is 2.10. The molecule has 0 fully saturated rings. The van der Waals surface area contributed by atoms with E-state index in [1.54, 1.807) is 0 Å². The number of nitrogens with two attached hydrogens (primary N) is 1. The number of hydrogen-bond acceptors (Lipinski definition) is 3. The van der Waals surface area contributed by atoms with Crippen molar-refractivity contribution >= 4 is 0 Å². The fraction of sp³-hybridized carbons (Fsp3) is 0.143. The van der Waals surface area contributed by atoms with Gasteiger partial charge in [-0.1, -0.05) is 12.1 Å². The minimum absolute atomic E-state index is 0.355. The molecule has 0 aromatic heterocycles. The van der Waals surface area contributed by atoms with E-state index in [4.69, 9.17) is 5.73 Å². The lowest BCUT2D eigenvalue weighted by atomic mass is 10.2. The zero-order valence-corrected chi connectivity index (χ0v) is 5.70. The molecular weight excluding hydrogens is 147 g/mol. The Morgan fingerprint density at radius 1 is 1.36 bits per heavy atom. The fourth-order valence-electron chi connectivity index (χ4n) is 0.721. The van der Waals surface area contributed by atoms with Gasteiger partial charge in [-0.15, -0.1) is 4.91 Å². The van der Waals surface area contributed by atoms with Gasteiger partial charge >= 0.3 is 0 Å². The summed E-state index contributed by atoms with van der Waals surface area (Å²) in [6.45, 7) is 0. The van der Waals surface area contributed by atoms with Gasteiger partial charge in [0, 0.05) is 0 Å². The molecule has 0 aliphatic carbocycles. The van der Waals surface area contributed by atoms with Gasteiger partial charge in [-0.3, -0.25) is 0 Å². The van der Waals surface area contributed by atoms with Gasteiger partial charge in [0.2, 0.25) is 0 Å². The molecule has 1 aromatic rings. The highest BCUT2D eigenvalue weighted by atomic mass is 19.1. The molecule has 0 saturated heterocycles. The Labute approximate surface area is 63.0 Å². The van der Waals surface area contributed by atoms with E-state index in [0.29, 0.717) is 5.56 Å². The zero-order chi connectivity index (χ0) is 8.27. The second kappa shape index (κ2) is 3.21. The number of halogens is 1. The van der Waals surface area contributed by atoms with Crippen molar-refractivity contribution in [2.45, 2.75) is 6.17 Å². The van der Waals surface area contributed by atoms with Crippen LogP contribution in [-0.2, 0) is 0 Å². The van der Waals surface area contributed by atoms with Gasteiger partial charge in [0.05, 0.1) is 0 Å². The molecule has 1 aromatic carbocycles. The van der Waals surface area contributed by atoms with Crippen LogP contribution in [0.25, 0.3) is 0 Å². The van der Waals surface area contributed by atoms with Crippen molar-refractivity contribution in [1.82, 2.24) is 0 Å². The maximum Gasteiger partial charge on any atom is 0.165 e. The number of hydrogen-bond donors (Lipinski definition) is 1. The second-order valence-corrected chi connectivity index (χ2v) is 2.10. The quantitative estimate of drug-likeness (QED) is 0.657. The summed E-state index contributed by atoms with van der Waals surface area (Å²) in [7, 11) is 0. The third kappa shape index (κ3) is 1.81. The molecule has 4 heteroatoms. The second-order valence-electron chi connectivity index (χ2n) is 2.10. The van der Waals surface area contributed by atoms with Gasteiger partial charge in [-0.05, 0) is 22.9 Å². The first-order valence-electron chi connectivity index (χ1n) is 3.07. The summed E-state index contributed by atoms with van der Waals surface area (Å²) in [5.74, 6) is -0.355. The van der Waals surface area contributed by atoms with Crippen LogP contribution in [0.5, 0.6) is 0 Å². The molecular formula is C7H7FN2O. The molecule has 1 atom stereocenters. The third-order valence-electron chi connectivity index (χ3n) is 1.33. The van der Waals surface area contributed by atoms with E-state index >= 15 is 0 Å². The Morgan fingerprint density at radius 3 is 2.36 bits per heavy atom. The average Bonchev–Trinajstić information content (AvgIpc) is 2.05. The van der Waals surface area contributed by atoms with E-state index in [2.05, 4.69) is 5.18 Å². The molecule has 0 radical (unpaired) electrons. The Hall–Kier alpha value is -1.29. The lowest BCUT2D eigenvalue weighted by Crippen LogP contribution is -2.05. The van der Waals surface area contributed by atoms with Crippen LogP contribution < -0.4 is 5.73 Å². The summed E-state index contributed by atoms with van der Waals surface area (Å²) in [4.78, 5) is 9.92. The largest absolute Gasteiger partial charge is 0.303 e. The minimum Gasteiger partial charge on any atom is -0.303 e. The van der Waals surface area contributed by atoms with Crippen molar-refractivity contribution in [2.75, 3.05) is 0 Å². The summed E-state index contributed by atoms with van der Waals surface area (Å²) in [6.07, 6.45) is -0.893. The van der Waals surface area contributed by atoms with Crippen molar-refractivity contribution in [3.63, 3.8) is 0 Å². The standard InChI is InChI=1S/C7H7FN2O/c8-6-3-1-5(2-4-6)7(9)10-11/h1-4,7H,9H2/t7-/m1/s1.